The largest absolute Gasteiger partial charge is 0.322 e. The van der Waals surface area contributed by atoms with Crippen molar-refractivity contribution in [2.24, 2.45) is 0 Å². The molecule has 2 aromatic rings. The van der Waals surface area contributed by atoms with Crippen LogP contribution in [0.15, 0.2) is 48.5 Å². The van der Waals surface area contributed by atoms with E-state index in [-0.39, 0.29) is 17.5 Å². The van der Waals surface area contributed by atoms with Crippen molar-refractivity contribution in [2.45, 2.75) is 13.0 Å². The molecule has 0 aliphatic rings. The average Bonchev–Trinajstić information content (AvgIpc) is 2.49. The Morgan fingerprint density at radius 1 is 1.10 bits per heavy atom. The molecule has 0 fully saturated rings. The maximum Gasteiger partial charge on any atom is 0.322 e. The Labute approximate surface area is 122 Å². The SMILES string of the molecule is CC(c1ccc(F)cc1)N(C)C(=O)Nc1ccccc1F. The highest BCUT2D eigenvalue weighted by molar-refractivity contribution is 5.89. The Kier molecular flexibility index (Phi) is 4.52. The second kappa shape index (κ2) is 6.35. The first kappa shape index (κ1) is 15.0. The van der Waals surface area contributed by atoms with E-state index in [4.69, 9.17) is 0 Å². The standard InChI is InChI=1S/C16H16F2N2O/c1-11(12-7-9-13(17)10-8-12)20(2)16(21)19-15-6-4-3-5-14(15)18/h3-11H,1-2H3,(H,19,21). The molecule has 1 atom stereocenters. The Morgan fingerprint density at radius 2 is 1.71 bits per heavy atom. The zero-order valence-corrected chi connectivity index (χ0v) is 11.8. The Balaban J connectivity index is 2.08. The molecule has 0 radical (unpaired) electrons. The first-order valence-electron chi connectivity index (χ1n) is 6.53. The fraction of sp³-hybridized carbons (Fsp3) is 0.188. The number of anilines is 1. The molecule has 2 aromatic carbocycles. The summed E-state index contributed by atoms with van der Waals surface area (Å²) in [5, 5.41) is 2.51. The van der Waals surface area contributed by atoms with Crippen molar-refractivity contribution in [2.75, 3.05) is 12.4 Å². The fourth-order valence-electron chi connectivity index (χ4n) is 1.91. The summed E-state index contributed by atoms with van der Waals surface area (Å²) in [7, 11) is 1.60. The van der Waals surface area contributed by atoms with E-state index in [0.717, 1.165) is 5.56 Å². The topological polar surface area (TPSA) is 32.3 Å². The molecule has 1 N–H and O–H groups in total. The maximum absolute atomic E-state index is 13.5. The van der Waals surface area contributed by atoms with Crippen LogP contribution in [0.4, 0.5) is 19.3 Å². The molecule has 2 amide bonds. The number of hydrogen-bond donors (Lipinski definition) is 1. The number of rotatable bonds is 3. The van der Waals surface area contributed by atoms with Gasteiger partial charge in [0.1, 0.15) is 11.6 Å². The van der Waals surface area contributed by atoms with Crippen LogP contribution in [-0.2, 0) is 0 Å². The van der Waals surface area contributed by atoms with Crippen LogP contribution in [0, 0.1) is 11.6 Å². The molecule has 3 nitrogen and oxygen atoms in total. The predicted molar refractivity (Wildman–Crippen MR) is 78.0 cm³/mol. The molecular formula is C16H16F2N2O. The van der Waals surface area contributed by atoms with Crippen LogP contribution < -0.4 is 5.32 Å². The van der Waals surface area contributed by atoms with Gasteiger partial charge < -0.3 is 10.2 Å². The van der Waals surface area contributed by atoms with Gasteiger partial charge in [-0.25, -0.2) is 13.6 Å². The summed E-state index contributed by atoms with van der Waals surface area (Å²) >= 11 is 0. The number of hydrogen-bond acceptors (Lipinski definition) is 1. The van der Waals surface area contributed by atoms with E-state index in [9.17, 15) is 13.6 Å². The van der Waals surface area contributed by atoms with Crippen LogP contribution in [0.25, 0.3) is 0 Å². The van der Waals surface area contributed by atoms with Gasteiger partial charge in [-0.05, 0) is 36.8 Å². The first-order chi connectivity index (χ1) is 9.99. The van der Waals surface area contributed by atoms with Gasteiger partial charge >= 0.3 is 6.03 Å². The molecule has 0 heterocycles. The lowest BCUT2D eigenvalue weighted by Crippen LogP contribution is -2.33. The number of halogens is 2. The predicted octanol–water partition coefficient (Wildman–Crippen LogP) is 4.19. The molecule has 5 heteroatoms. The van der Waals surface area contributed by atoms with Crippen LogP contribution in [0.5, 0.6) is 0 Å². The Hall–Kier alpha value is -2.43. The lowest BCUT2D eigenvalue weighted by Gasteiger charge is -2.25. The number of carbonyl (C=O) groups excluding carboxylic acids is 1. The summed E-state index contributed by atoms with van der Waals surface area (Å²) in [6.45, 7) is 1.81. The summed E-state index contributed by atoms with van der Waals surface area (Å²) in [6.07, 6.45) is 0. The maximum atomic E-state index is 13.5. The van der Waals surface area contributed by atoms with Crippen LogP contribution in [-0.4, -0.2) is 18.0 Å². The molecule has 1 unspecified atom stereocenters. The van der Waals surface area contributed by atoms with Crippen molar-refractivity contribution < 1.29 is 13.6 Å². The summed E-state index contributed by atoms with van der Waals surface area (Å²) in [5.74, 6) is -0.821. The van der Waals surface area contributed by atoms with E-state index in [1.807, 2.05) is 6.92 Å². The van der Waals surface area contributed by atoms with Crippen molar-refractivity contribution in [3.8, 4) is 0 Å². The molecule has 21 heavy (non-hydrogen) atoms. The normalized spacial score (nSPS) is 11.8. The first-order valence-corrected chi connectivity index (χ1v) is 6.53. The number of nitrogens with one attached hydrogen (secondary N) is 1. The van der Waals surface area contributed by atoms with Gasteiger partial charge in [0.25, 0.3) is 0 Å². The summed E-state index contributed by atoms with van der Waals surface area (Å²) in [5.41, 5.74) is 0.920. The second-order valence-corrected chi connectivity index (χ2v) is 4.75. The van der Waals surface area contributed by atoms with E-state index >= 15 is 0 Å². The number of urea groups is 1. The molecular weight excluding hydrogens is 274 g/mol. The van der Waals surface area contributed by atoms with Crippen molar-refractivity contribution in [1.82, 2.24) is 4.90 Å². The number of benzene rings is 2. The van der Waals surface area contributed by atoms with E-state index in [1.54, 1.807) is 31.3 Å². The van der Waals surface area contributed by atoms with E-state index in [1.165, 1.54) is 29.2 Å². The van der Waals surface area contributed by atoms with Gasteiger partial charge in [-0.2, -0.15) is 0 Å². The third-order valence-electron chi connectivity index (χ3n) is 3.37. The van der Waals surface area contributed by atoms with Crippen LogP contribution in [0.3, 0.4) is 0 Å². The Bertz CT molecular complexity index is 628. The molecule has 0 saturated carbocycles. The quantitative estimate of drug-likeness (QED) is 0.903. The molecule has 0 bridgehead atoms. The lowest BCUT2D eigenvalue weighted by atomic mass is 10.1. The highest BCUT2D eigenvalue weighted by Crippen LogP contribution is 2.20. The number of nitrogens with zero attached hydrogens (tertiary/aromatic N) is 1. The van der Waals surface area contributed by atoms with Crippen LogP contribution in [0.1, 0.15) is 18.5 Å². The minimum Gasteiger partial charge on any atom is -0.321 e. The highest BCUT2D eigenvalue weighted by Gasteiger charge is 2.18. The zero-order chi connectivity index (χ0) is 15.4. The molecule has 0 aliphatic heterocycles. The van der Waals surface area contributed by atoms with E-state index < -0.39 is 11.8 Å². The number of carbonyl (C=O) groups is 1. The molecule has 0 aromatic heterocycles. The van der Waals surface area contributed by atoms with E-state index in [2.05, 4.69) is 5.32 Å². The van der Waals surface area contributed by atoms with Gasteiger partial charge in [0.15, 0.2) is 0 Å². The van der Waals surface area contributed by atoms with Gasteiger partial charge in [0, 0.05) is 7.05 Å². The monoisotopic (exact) mass is 290 g/mol. The Morgan fingerprint density at radius 3 is 2.33 bits per heavy atom. The van der Waals surface area contributed by atoms with Gasteiger partial charge in [0.2, 0.25) is 0 Å². The average molecular weight is 290 g/mol. The molecule has 0 spiro atoms. The number of amides is 2. The smallest absolute Gasteiger partial charge is 0.321 e. The minimum atomic E-state index is -0.492. The second-order valence-electron chi connectivity index (χ2n) is 4.75. The van der Waals surface area contributed by atoms with Crippen molar-refractivity contribution in [3.63, 3.8) is 0 Å². The van der Waals surface area contributed by atoms with Crippen molar-refractivity contribution >= 4 is 11.7 Å². The highest BCUT2D eigenvalue weighted by atomic mass is 19.1. The van der Waals surface area contributed by atoms with Gasteiger partial charge in [-0.3, -0.25) is 0 Å². The summed E-state index contributed by atoms with van der Waals surface area (Å²) in [4.78, 5) is 13.6. The lowest BCUT2D eigenvalue weighted by molar-refractivity contribution is 0.208. The molecule has 110 valence electrons. The minimum absolute atomic E-state index is 0.126. The summed E-state index contributed by atoms with van der Waals surface area (Å²) < 4.78 is 26.4. The molecule has 0 aliphatic carbocycles. The van der Waals surface area contributed by atoms with Gasteiger partial charge in [0.05, 0.1) is 11.7 Å². The van der Waals surface area contributed by atoms with Crippen LogP contribution >= 0.6 is 0 Å². The molecule has 0 saturated heterocycles. The third kappa shape index (κ3) is 3.56. The number of para-hydroxylation sites is 1. The van der Waals surface area contributed by atoms with E-state index in [0.29, 0.717) is 0 Å². The van der Waals surface area contributed by atoms with Crippen LogP contribution in [0.2, 0.25) is 0 Å². The molecule has 2 rings (SSSR count). The van der Waals surface area contributed by atoms with Gasteiger partial charge in [-0.15, -0.1) is 0 Å². The van der Waals surface area contributed by atoms with Gasteiger partial charge in [-0.1, -0.05) is 24.3 Å². The van der Waals surface area contributed by atoms with Crippen molar-refractivity contribution in [3.05, 3.63) is 65.7 Å². The fourth-order valence-corrected chi connectivity index (χ4v) is 1.91. The van der Waals surface area contributed by atoms with Crippen molar-refractivity contribution in [1.29, 1.82) is 0 Å². The summed E-state index contributed by atoms with van der Waals surface area (Å²) in [6, 6.07) is 11.2. The third-order valence-corrected chi connectivity index (χ3v) is 3.37. The zero-order valence-electron chi connectivity index (χ0n) is 11.8.